The first-order valence-electron chi connectivity index (χ1n) is 9.65. The second-order valence-electron chi connectivity index (χ2n) is 6.91. The molecule has 0 aliphatic heterocycles. The smallest absolute Gasteiger partial charge is 0.266 e. The van der Waals surface area contributed by atoms with Crippen LogP contribution in [0.25, 0.3) is 0 Å². The highest BCUT2D eigenvalue weighted by molar-refractivity contribution is 7.95. The van der Waals surface area contributed by atoms with E-state index in [1.54, 1.807) is 0 Å². The fourth-order valence-corrected chi connectivity index (χ4v) is 5.54. The molecule has 3 aromatic rings. The Morgan fingerprint density at radius 1 is 0.528 bits per heavy atom. The van der Waals surface area contributed by atoms with Gasteiger partial charge in [0.15, 0.2) is 19.5 Å². The van der Waals surface area contributed by atoms with Crippen LogP contribution in [0.15, 0.2) is 103 Å². The van der Waals surface area contributed by atoms with Gasteiger partial charge in [-0.15, -0.1) is 8.73 Å². The maximum absolute atomic E-state index is 13.7. The summed E-state index contributed by atoms with van der Waals surface area (Å²) in [6, 6.07) is 14.3. The summed E-state index contributed by atoms with van der Waals surface area (Å²) in [7, 11) is -10.8. The van der Waals surface area contributed by atoms with Crippen LogP contribution in [-0.4, -0.2) is 31.2 Å². The van der Waals surface area contributed by atoms with Crippen molar-refractivity contribution in [1.29, 1.82) is 0 Å². The summed E-state index contributed by atoms with van der Waals surface area (Å²) in [6.07, 6.45) is 0. The van der Waals surface area contributed by atoms with E-state index in [2.05, 4.69) is 8.73 Å². The molecule has 0 spiro atoms. The normalized spacial score (nSPS) is 15.3. The minimum Gasteiger partial charge on any atom is -0.266 e. The van der Waals surface area contributed by atoms with E-state index in [9.17, 15) is 44.3 Å². The quantitative estimate of drug-likeness (QED) is 0.371. The van der Waals surface area contributed by atoms with Crippen molar-refractivity contribution in [3.05, 3.63) is 96.1 Å². The number of alkyl halides is 6. The molecule has 0 fully saturated rings. The van der Waals surface area contributed by atoms with Crippen molar-refractivity contribution in [3.8, 4) is 0 Å². The molecule has 2 unspecified atom stereocenters. The van der Waals surface area contributed by atoms with Crippen molar-refractivity contribution in [2.24, 2.45) is 8.73 Å². The van der Waals surface area contributed by atoms with Gasteiger partial charge in [-0.3, -0.25) is 9.59 Å². The SMILES string of the molecule is O=C(N=S(=O)(c1ccccc1)C(F)(F)F)c1ccccc1C(=O)N=S(=O)(c1ccccc1)C(F)(F)F. The van der Waals surface area contributed by atoms with Crippen molar-refractivity contribution in [2.45, 2.75) is 20.8 Å². The Bertz CT molecular complexity index is 1420. The molecule has 36 heavy (non-hydrogen) atoms. The number of carbonyl (C=O) groups is 2. The molecular weight excluding hydrogens is 534 g/mol. The van der Waals surface area contributed by atoms with Crippen molar-refractivity contribution in [1.82, 2.24) is 0 Å². The molecule has 0 radical (unpaired) electrons. The lowest BCUT2D eigenvalue weighted by Crippen LogP contribution is -2.25. The molecule has 0 aromatic heterocycles. The maximum Gasteiger partial charge on any atom is 0.484 e. The molecule has 0 saturated heterocycles. The van der Waals surface area contributed by atoms with Crippen LogP contribution in [0, 0.1) is 0 Å². The molecule has 0 saturated carbocycles. The molecule has 0 bridgehead atoms. The minimum absolute atomic E-state index is 0.799. The first kappa shape index (κ1) is 27.1. The van der Waals surface area contributed by atoms with Crippen LogP contribution in [0.5, 0.6) is 0 Å². The van der Waals surface area contributed by atoms with Crippen LogP contribution >= 0.6 is 0 Å². The van der Waals surface area contributed by atoms with Gasteiger partial charge in [-0.25, -0.2) is 8.42 Å². The zero-order valence-electron chi connectivity index (χ0n) is 17.7. The van der Waals surface area contributed by atoms with Gasteiger partial charge in [-0.05, 0) is 36.4 Å². The topological polar surface area (TPSA) is 93.0 Å². The molecule has 0 N–H and O–H groups in total. The Balaban J connectivity index is 2.20. The fourth-order valence-electron chi connectivity index (χ4n) is 2.87. The van der Waals surface area contributed by atoms with E-state index in [0.717, 1.165) is 72.8 Å². The summed E-state index contributed by atoms with van der Waals surface area (Å²) < 4.78 is 113. The van der Waals surface area contributed by atoms with Gasteiger partial charge >= 0.3 is 11.0 Å². The molecule has 3 aromatic carbocycles. The highest BCUT2D eigenvalue weighted by Gasteiger charge is 2.47. The number of benzene rings is 3. The van der Waals surface area contributed by atoms with E-state index in [-0.39, 0.29) is 0 Å². The number of amides is 2. The van der Waals surface area contributed by atoms with Gasteiger partial charge in [0, 0.05) is 0 Å². The minimum atomic E-state index is -5.51. The van der Waals surface area contributed by atoms with Crippen molar-refractivity contribution >= 4 is 31.3 Å². The van der Waals surface area contributed by atoms with E-state index in [1.165, 1.54) is 12.1 Å². The fraction of sp³-hybridized carbons (Fsp3) is 0.0909. The van der Waals surface area contributed by atoms with Crippen molar-refractivity contribution < 1.29 is 44.3 Å². The summed E-state index contributed by atoms with van der Waals surface area (Å²) in [4.78, 5) is 23.7. The zero-order chi connectivity index (χ0) is 26.8. The average Bonchev–Trinajstić information content (AvgIpc) is 2.83. The zero-order valence-corrected chi connectivity index (χ0v) is 19.3. The predicted octanol–water partition coefficient (Wildman–Crippen LogP) is 6.06. The summed E-state index contributed by atoms with van der Waals surface area (Å²) in [6.45, 7) is 0. The van der Waals surface area contributed by atoms with Gasteiger partial charge in [-0.2, -0.15) is 26.3 Å². The van der Waals surface area contributed by atoms with Crippen LogP contribution in [0.1, 0.15) is 20.7 Å². The Morgan fingerprint density at radius 2 is 0.806 bits per heavy atom. The number of nitrogens with zero attached hydrogens (tertiary/aromatic N) is 2. The summed E-state index contributed by atoms with van der Waals surface area (Å²) >= 11 is 0. The van der Waals surface area contributed by atoms with Crippen molar-refractivity contribution in [3.63, 3.8) is 0 Å². The van der Waals surface area contributed by atoms with Gasteiger partial charge in [-0.1, -0.05) is 48.5 Å². The first-order chi connectivity index (χ1) is 16.7. The van der Waals surface area contributed by atoms with E-state index in [1.807, 2.05) is 0 Å². The third kappa shape index (κ3) is 5.18. The third-order valence-corrected chi connectivity index (χ3v) is 8.49. The van der Waals surface area contributed by atoms with Crippen LogP contribution in [0.4, 0.5) is 26.3 Å². The highest BCUT2D eigenvalue weighted by Crippen LogP contribution is 2.35. The highest BCUT2D eigenvalue weighted by atomic mass is 32.2. The standard InChI is InChI=1S/C22H14F6N2O4S2/c23-21(24,25)35(33,15-9-3-1-4-10-15)29-19(31)17-13-7-8-14-18(17)20(32)30-36(34,22(26,27)28)16-11-5-2-6-12-16/h1-14H. The Morgan fingerprint density at radius 3 is 1.08 bits per heavy atom. The molecule has 3 rings (SSSR count). The van der Waals surface area contributed by atoms with Gasteiger partial charge < -0.3 is 0 Å². The Labute approximate surface area is 201 Å². The Hall–Kier alpha value is -3.52. The summed E-state index contributed by atoms with van der Waals surface area (Å²) in [5, 5.41) is 0. The molecule has 2 atom stereocenters. The lowest BCUT2D eigenvalue weighted by molar-refractivity contribution is -0.0410. The van der Waals surface area contributed by atoms with Crippen LogP contribution < -0.4 is 0 Å². The molecule has 2 amide bonds. The molecule has 190 valence electrons. The van der Waals surface area contributed by atoms with Crippen LogP contribution in [-0.2, 0) is 19.5 Å². The largest absolute Gasteiger partial charge is 0.484 e. The second kappa shape index (κ2) is 9.85. The molecule has 0 aliphatic carbocycles. The van der Waals surface area contributed by atoms with Gasteiger partial charge in [0.05, 0.1) is 20.9 Å². The van der Waals surface area contributed by atoms with E-state index < -0.39 is 63.2 Å². The number of hydrogen-bond donors (Lipinski definition) is 0. The van der Waals surface area contributed by atoms with Gasteiger partial charge in [0.25, 0.3) is 11.8 Å². The maximum atomic E-state index is 13.7. The molecule has 0 heterocycles. The first-order valence-corrected chi connectivity index (χ1v) is 12.7. The second-order valence-corrected chi connectivity index (χ2v) is 11.2. The third-order valence-electron chi connectivity index (χ3n) is 4.56. The van der Waals surface area contributed by atoms with Gasteiger partial charge in [0.2, 0.25) is 0 Å². The van der Waals surface area contributed by atoms with E-state index in [0.29, 0.717) is 0 Å². The van der Waals surface area contributed by atoms with E-state index in [4.69, 9.17) is 0 Å². The lowest BCUT2D eigenvalue weighted by Gasteiger charge is -2.14. The van der Waals surface area contributed by atoms with Crippen LogP contribution in [0.3, 0.4) is 0 Å². The summed E-state index contributed by atoms with van der Waals surface area (Å²) in [5.41, 5.74) is -12.8. The monoisotopic (exact) mass is 548 g/mol. The number of halogens is 6. The average molecular weight is 548 g/mol. The number of carbonyl (C=O) groups excluding carboxylic acids is 2. The molecule has 6 nitrogen and oxygen atoms in total. The number of hydrogen-bond acceptors (Lipinski definition) is 4. The van der Waals surface area contributed by atoms with Crippen LogP contribution in [0.2, 0.25) is 0 Å². The summed E-state index contributed by atoms with van der Waals surface area (Å²) in [5.74, 6) is -3.59. The lowest BCUT2D eigenvalue weighted by atomic mass is 10.1. The van der Waals surface area contributed by atoms with Gasteiger partial charge in [0.1, 0.15) is 0 Å². The van der Waals surface area contributed by atoms with Crippen molar-refractivity contribution in [2.75, 3.05) is 0 Å². The molecule has 0 aliphatic rings. The predicted molar refractivity (Wildman–Crippen MR) is 118 cm³/mol. The molecular formula is C22H14F6N2O4S2. The Kier molecular flexibility index (Phi) is 7.41. The van der Waals surface area contributed by atoms with E-state index >= 15 is 0 Å². The molecule has 14 heteroatoms. The number of rotatable bonds is 4.